The molecule has 0 spiro atoms. The van der Waals surface area contributed by atoms with Crippen molar-refractivity contribution in [2.45, 2.75) is 55.5 Å². The van der Waals surface area contributed by atoms with E-state index in [0.717, 1.165) is 19.3 Å². The van der Waals surface area contributed by atoms with Gasteiger partial charge in [-0.2, -0.15) is 0 Å². The van der Waals surface area contributed by atoms with Gasteiger partial charge in [-0.05, 0) is 30.9 Å². The van der Waals surface area contributed by atoms with Crippen LogP contribution in [0.2, 0.25) is 0 Å². The second kappa shape index (κ2) is 6.93. The van der Waals surface area contributed by atoms with Gasteiger partial charge in [-0.1, -0.05) is 24.6 Å². The molecule has 130 valence electrons. The lowest BCUT2D eigenvalue weighted by molar-refractivity contribution is -0.123. The first-order valence-corrected chi connectivity index (χ1v) is 10.0. The second-order valence-electron chi connectivity index (χ2n) is 6.48. The van der Waals surface area contributed by atoms with Crippen LogP contribution in [0.1, 0.15) is 50.1 Å². The molecule has 1 fully saturated rings. The van der Waals surface area contributed by atoms with Crippen molar-refractivity contribution in [2.24, 2.45) is 0 Å². The molecule has 0 radical (unpaired) electrons. The van der Waals surface area contributed by atoms with Crippen LogP contribution in [0.25, 0.3) is 0 Å². The number of fused-ring (bicyclic) bond motifs is 1. The Labute approximate surface area is 141 Å². The molecule has 7 heteroatoms. The van der Waals surface area contributed by atoms with Gasteiger partial charge < -0.3 is 10.6 Å². The zero-order chi connectivity index (χ0) is 17.2. The summed E-state index contributed by atoms with van der Waals surface area (Å²) in [6.07, 6.45) is 3.72. The van der Waals surface area contributed by atoms with E-state index in [9.17, 15) is 18.0 Å². The van der Waals surface area contributed by atoms with Crippen molar-refractivity contribution in [1.29, 1.82) is 0 Å². The highest BCUT2D eigenvalue weighted by atomic mass is 32.2. The highest BCUT2D eigenvalue weighted by Crippen LogP contribution is 2.31. The largest absolute Gasteiger partial charge is 0.353 e. The molecule has 2 aliphatic heterocycles. The highest BCUT2D eigenvalue weighted by molar-refractivity contribution is 7.91. The van der Waals surface area contributed by atoms with E-state index >= 15 is 0 Å². The Kier molecular flexibility index (Phi) is 4.89. The fourth-order valence-corrected chi connectivity index (χ4v) is 5.04. The molecule has 0 bridgehead atoms. The molecule has 1 aromatic rings. The number of benzene rings is 1. The van der Waals surface area contributed by atoms with Crippen molar-refractivity contribution in [3.05, 3.63) is 29.8 Å². The van der Waals surface area contributed by atoms with Gasteiger partial charge in [-0.3, -0.25) is 9.59 Å². The average Bonchev–Trinajstić information content (AvgIpc) is 2.74. The monoisotopic (exact) mass is 350 g/mol. The first-order valence-electron chi connectivity index (χ1n) is 8.36. The van der Waals surface area contributed by atoms with Crippen LogP contribution in [0, 0.1) is 0 Å². The summed E-state index contributed by atoms with van der Waals surface area (Å²) in [4.78, 5) is 24.3. The summed E-state index contributed by atoms with van der Waals surface area (Å²) in [6.45, 7) is 0. The number of carbonyl (C=O) groups is 2. The van der Waals surface area contributed by atoms with Crippen LogP contribution in [-0.2, 0) is 19.4 Å². The Bertz CT molecular complexity index is 745. The summed E-state index contributed by atoms with van der Waals surface area (Å²) in [7, 11) is -3.26. The molecule has 2 N–H and O–H groups in total. The topological polar surface area (TPSA) is 92.3 Å². The lowest BCUT2D eigenvalue weighted by Crippen LogP contribution is -2.40. The number of carbonyl (C=O) groups excluding carboxylic acids is 2. The van der Waals surface area contributed by atoms with Crippen LogP contribution < -0.4 is 10.6 Å². The molecule has 2 aliphatic rings. The fourth-order valence-electron chi connectivity index (χ4n) is 3.42. The quantitative estimate of drug-likeness (QED) is 0.863. The molecule has 2 amide bonds. The Morgan fingerprint density at radius 2 is 2.00 bits per heavy atom. The molecule has 0 aliphatic carbocycles. The average molecular weight is 350 g/mol. The SMILES string of the molecule is O=C1CCCC[C@@H](CC(=O)N[C@@H]2CCS(=O)(=O)c3ccccc32)N1. The predicted octanol–water partition coefficient (Wildman–Crippen LogP) is 1.47. The summed E-state index contributed by atoms with van der Waals surface area (Å²) in [5, 5.41) is 5.82. The summed E-state index contributed by atoms with van der Waals surface area (Å²) < 4.78 is 24.3. The van der Waals surface area contributed by atoms with Crippen LogP contribution in [0.4, 0.5) is 0 Å². The molecule has 2 heterocycles. The van der Waals surface area contributed by atoms with E-state index in [1.54, 1.807) is 24.3 Å². The third-order valence-corrected chi connectivity index (χ3v) is 6.46. The van der Waals surface area contributed by atoms with Crippen LogP contribution in [0.5, 0.6) is 0 Å². The number of nitrogens with one attached hydrogen (secondary N) is 2. The minimum absolute atomic E-state index is 0.000551. The van der Waals surface area contributed by atoms with E-state index in [0.29, 0.717) is 23.3 Å². The van der Waals surface area contributed by atoms with Crippen LogP contribution >= 0.6 is 0 Å². The number of rotatable bonds is 3. The molecule has 6 nitrogen and oxygen atoms in total. The van der Waals surface area contributed by atoms with Gasteiger partial charge in [0, 0.05) is 18.9 Å². The predicted molar refractivity (Wildman–Crippen MR) is 89.0 cm³/mol. The number of hydrogen-bond donors (Lipinski definition) is 2. The molecule has 24 heavy (non-hydrogen) atoms. The Morgan fingerprint density at radius 1 is 1.21 bits per heavy atom. The number of sulfone groups is 1. The minimum Gasteiger partial charge on any atom is -0.353 e. The van der Waals surface area contributed by atoms with Crippen molar-refractivity contribution in [2.75, 3.05) is 5.75 Å². The van der Waals surface area contributed by atoms with Gasteiger partial charge in [0.05, 0.1) is 16.7 Å². The van der Waals surface area contributed by atoms with Gasteiger partial charge in [-0.25, -0.2) is 8.42 Å². The minimum atomic E-state index is -3.26. The number of hydrogen-bond acceptors (Lipinski definition) is 4. The maximum absolute atomic E-state index is 12.4. The van der Waals surface area contributed by atoms with Crippen LogP contribution in [-0.4, -0.2) is 32.0 Å². The third kappa shape index (κ3) is 3.77. The Balaban J connectivity index is 1.68. The van der Waals surface area contributed by atoms with Gasteiger partial charge in [0.25, 0.3) is 0 Å². The zero-order valence-electron chi connectivity index (χ0n) is 13.5. The summed E-state index contributed by atoms with van der Waals surface area (Å²) in [6, 6.07) is 6.39. The molecule has 1 aromatic carbocycles. The smallest absolute Gasteiger partial charge is 0.222 e. The third-order valence-electron chi connectivity index (χ3n) is 4.64. The van der Waals surface area contributed by atoms with E-state index in [2.05, 4.69) is 10.6 Å². The molecule has 0 saturated carbocycles. The van der Waals surface area contributed by atoms with Crippen molar-refractivity contribution in [1.82, 2.24) is 10.6 Å². The van der Waals surface area contributed by atoms with E-state index in [-0.39, 0.29) is 36.1 Å². The zero-order valence-corrected chi connectivity index (χ0v) is 14.3. The van der Waals surface area contributed by atoms with Crippen LogP contribution in [0.3, 0.4) is 0 Å². The summed E-state index contributed by atoms with van der Waals surface area (Å²) in [5.74, 6) is -0.115. The lowest BCUT2D eigenvalue weighted by atomic mass is 10.0. The first-order chi connectivity index (χ1) is 11.5. The van der Waals surface area contributed by atoms with Gasteiger partial charge in [0.1, 0.15) is 0 Å². The van der Waals surface area contributed by atoms with Crippen LogP contribution in [0.15, 0.2) is 29.2 Å². The lowest BCUT2D eigenvalue weighted by Gasteiger charge is -2.27. The van der Waals surface area contributed by atoms with Gasteiger partial charge in [-0.15, -0.1) is 0 Å². The Morgan fingerprint density at radius 3 is 2.83 bits per heavy atom. The molecule has 3 rings (SSSR count). The van der Waals surface area contributed by atoms with E-state index < -0.39 is 9.84 Å². The standard InChI is InChI=1S/C17H22N2O4S/c20-16-8-4-1-5-12(18-16)11-17(21)19-14-9-10-24(22,23)15-7-3-2-6-13(14)15/h2-3,6-7,12,14H,1,4-5,8-11H2,(H,18,20)(H,19,21)/t12-,14+/m0/s1. The molecule has 0 aromatic heterocycles. The van der Waals surface area contributed by atoms with Crippen molar-refractivity contribution < 1.29 is 18.0 Å². The van der Waals surface area contributed by atoms with Gasteiger partial charge in [0.15, 0.2) is 9.84 Å². The van der Waals surface area contributed by atoms with E-state index in [4.69, 9.17) is 0 Å². The number of amides is 2. The molecular weight excluding hydrogens is 328 g/mol. The van der Waals surface area contributed by atoms with Gasteiger partial charge >= 0.3 is 0 Å². The van der Waals surface area contributed by atoms with Crippen molar-refractivity contribution in [3.63, 3.8) is 0 Å². The molecule has 2 atom stereocenters. The van der Waals surface area contributed by atoms with E-state index in [1.165, 1.54) is 0 Å². The summed E-state index contributed by atoms with van der Waals surface area (Å²) >= 11 is 0. The first kappa shape index (κ1) is 17.0. The molecular formula is C17H22N2O4S. The fraction of sp³-hybridized carbons (Fsp3) is 0.529. The maximum atomic E-state index is 12.4. The summed E-state index contributed by atoms with van der Waals surface area (Å²) in [5.41, 5.74) is 0.655. The van der Waals surface area contributed by atoms with Gasteiger partial charge in [0.2, 0.25) is 11.8 Å². The maximum Gasteiger partial charge on any atom is 0.222 e. The highest BCUT2D eigenvalue weighted by Gasteiger charge is 2.31. The van der Waals surface area contributed by atoms with E-state index in [1.807, 2.05) is 0 Å². The Hall–Kier alpha value is -1.89. The normalized spacial score (nSPS) is 25.9. The second-order valence-corrected chi connectivity index (χ2v) is 8.56. The van der Waals surface area contributed by atoms with Crippen molar-refractivity contribution in [3.8, 4) is 0 Å². The molecule has 0 unspecified atom stereocenters. The molecule has 1 saturated heterocycles. The van der Waals surface area contributed by atoms with Crippen molar-refractivity contribution >= 4 is 21.7 Å².